The Kier molecular flexibility index (Phi) is 4.29. The average molecular weight is 303 g/mol. The summed E-state index contributed by atoms with van der Waals surface area (Å²) in [5.74, 6) is 0.525. The van der Waals surface area contributed by atoms with Crippen molar-refractivity contribution in [1.29, 1.82) is 0 Å². The first-order valence-electron chi connectivity index (χ1n) is 7.67. The zero-order valence-corrected chi connectivity index (χ0v) is 12.5. The van der Waals surface area contributed by atoms with Gasteiger partial charge in [0.15, 0.2) is 0 Å². The molecule has 0 saturated carbocycles. The maximum absolute atomic E-state index is 12.0. The first kappa shape index (κ1) is 14.8. The summed E-state index contributed by atoms with van der Waals surface area (Å²) in [4.78, 5) is 27.4. The first-order chi connectivity index (χ1) is 10.6. The zero-order valence-electron chi connectivity index (χ0n) is 12.5. The number of rotatable bonds is 4. The van der Waals surface area contributed by atoms with Crippen LogP contribution in [0.15, 0.2) is 28.9 Å². The normalized spacial score (nSPS) is 21.2. The van der Waals surface area contributed by atoms with Gasteiger partial charge in [0.2, 0.25) is 11.8 Å². The van der Waals surface area contributed by atoms with Gasteiger partial charge in [-0.15, -0.1) is 0 Å². The second-order valence-electron chi connectivity index (χ2n) is 5.96. The molecule has 22 heavy (non-hydrogen) atoms. The molecule has 0 bridgehead atoms. The lowest BCUT2D eigenvalue weighted by molar-refractivity contribution is -0.133. The van der Waals surface area contributed by atoms with E-state index in [0.717, 1.165) is 39.0 Å². The monoisotopic (exact) mass is 303 g/mol. The van der Waals surface area contributed by atoms with Crippen LogP contribution in [0.5, 0.6) is 0 Å². The fourth-order valence-electron chi connectivity index (χ4n) is 3.06. The molecule has 0 aliphatic carbocycles. The standard InChI is InChI=1S/C16H21N3O3/c17-16(21)12-5-7-18(8-6-12)13-10-19(11-13)15(20)4-3-14-2-1-9-22-14/h1-4,9,12-13H,5-8,10-11H2,(H2,17,21)/b4-3+. The summed E-state index contributed by atoms with van der Waals surface area (Å²) in [5, 5.41) is 0. The van der Waals surface area contributed by atoms with E-state index >= 15 is 0 Å². The molecule has 2 aliphatic rings. The summed E-state index contributed by atoms with van der Waals surface area (Å²) in [6.07, 6.45) is 6.48. The van der Waals surface area contributed by atoms with Crippen molar-refractivity contribution in [3.8, 4) is 0 Å². The zero-order chi connectivity index (χ0) is 15.5. The van der Waals surface area contributed by atoms with Crippen LogP contribution in [0.2, 0.25) is 0 Å². The van der Waals surface area contributed by atoms with E-state index in [9.17, 15) is 9.59 Å². The Balaban J connectivity index is 1.42. The Hall–Kier alpha value is -2.08. The number of nitrogens with two attached hydrogens (primary N) is 1. The van der Waals surface area contributed by atoms with Gasteiger partial charge in [0.25, 0.3) is 0 Å². The van der Waals surface area contributed by atoms with Gasteiger partial charge in [-0.05, 0) is 44.1 Å². The van der Waals surface area contributed by atoms with Crippen LogP contribution in [-0.4, -0.2) is 53.8 Å². The predicted molar refractivity (Wildman–Crippen MR) is 81.6 cm³/mol. The Labute approximate surface area is 129 Å². The Morgan fingerprint density at radius 3 is 2.59 bits per heavy atom. The lowest BCUT2D eigenvalue weighted by atomic mass is 9.94. The van der Waals surface area contributed by atoms with Crippen molar-refractivity contribution in [2.24, 2.45) is 11.7 Å². The van der Waals surface area contributed by atoms with E-state index in [1.165, 1.54) is 0 Å². The number of carbonyl (C=O) groups is 2. The molecular formula is C16H21N3O3. The van der Waals surface area contributed by atoms with Gasteiger partial charge in [0, 0.05) is 31.1 Å². The van der Waals surface area contributed by atoms with Crippen LogP contribution >= 0.6 is 0 Å². The quantitative estimate of drug-likeness (QED) is 0.830. The number of nitrogens with zero attached hydrogens (tertiary/aromatic N) is 2. The molecule has 6 heteroatoms. The van der Waals surface area contributed by atoms with E-state index in [1.54, 1.807) is 24.5 Å². The van der Waals surface area contributed by atoms with Gasteiger partial charge in [-0.3, -0.25) is 14.5 Å². The highest BCUT2D eigenvalue weighted by Gasteiger charge is 2.36. The average Bonchev–Trinajstić information content (AvgIpc) is 2.97. The fourth-order valence-corrected chi connectivity index (χ4v) is 3.06. The smallest absolute Gasteiger partial charge is 0.246 e. The number of carbonyl (C=O) groups excluding carboxylic acids is 2. The minimum Gasteiger partial charge on any atom is -0.465 e. The topological polar surface area (TPSA) is 79.8 Å². The van der Waals surface area contributed by atoms with Crippen LogP contribution in [0, 0.1) is 5.92 Å². The van der Waals surface area contributed by atoms with Crippen LogP contribution in [0.3, 0.4) is 0 Å². The van der Waals surface area contributed by atoms with Crippen molar-refractivity contribution >= 4 is 17.9 Å². The van der Waals surface area contributed by atoms with E-state index in [4.69, 9.17) is 10.2 Å². The molecule has 0 radical (unpaired) electrons. The van der Waals surface area contributed by atoms with Crippen LogP contribution in [-0.2, 0) is 9.59 Å². The van der Waals surface area contributed by atoms with Gasteiger partial charge < -0.3 is 15.1 Å². The minimum atomic E-state index is -0.187. The van der Waals surface area contributed by atoms with Gasteiger partial charge in [-0.1, -0.05) is 0 Å². The van der Waals surface area contributed by atoms with E-state index in [0.29, 0.717) is 11.8 Å². The maximum Gasteiger partial charge on any atom is 0.246 e. The summed E-state index contributed by atoms with van der Waals surface area (Å²) in [5.41, 5.74) is 5.34. The van der Waals surface area contributed by atoms with Crippen LogP contribution in [0.4, 0.5) is 0 Å². The summed E-state index contributed by atoms with van der Waals surface area (Å²) in [6.45, 7) is 3.29. The van der Waals surface area contributed by atoms with Crippen LogP contribution in [0.25, 0.3) is 6.08 Å². The molecule has 0 aromatic carbocycles. The molecule has 118 valence electrons. The second kappa shape index (κ2) is 6.36. The molecule has 2 amide bonds. The lowest BCUT2D eigenvalue weighted by Gasteiger charge is -2.47. The number of hydrogen-bond donors (Lipinski definition) is 1. The molecule has 0 spiro atoms. The molecule has 1 aromatic rings. The van der Waals surface area contributed by atoms with E-state index in [-0.39, 0.29) is 17.7 Å². The van der Waals surface area contributed by atoms with E-state index in [2.05, 4.69) is 4.90 Å². The molecule has 6 nitrogen and oxygen atoms in total. The summed E-state index contributed by atoms with van der Waals surface area (Å²) >= 11 is 0. The number of furan rings is 1. The molecule has 2 saturated heterocycles. The first-order valence-corrected chi connectivity index (χ1v) is 7.67. The van der Waals surface area contributed by atoms with Gasteiger partial charge in [-0.2, -0.15) is 0 Å². The van der Waals surface area contributed by atoms with E-state index in [1.807, 2.05) is 11.0 Å². The minimum absolute atomic E-state index is 0.0136. The third-order valence-corrected chi connectivity index (χ3v) is 4.56. The Morgan fingerprint density at radius 2 is 2.00 bits per heavy atom. The van der Waals surface area contributed by atoms with Crippen LogP contribution < -0.4 is 5.73 Å². The highest BCUT2D eigenvalue weighted by atomic mass is 16.3. The lowest BCUT2D eigenvalue weighted by Crippen LogP contribution is -2.62. The molecule has 1 aromatic heterocycles. The summed E-state index contributed by atoms with van der Waals surface area (Å²) in [7, 11) is 0. The van der Waals surface area contributed by atoms with Crippen molar-refractivity contribution in [1.82, 2.24) is 9.80 Å². The van der Waals surface area contributed by atoms with Gasteiger partial charge in [0.1, 0.15) is 5.76 Å². The summed E-state index contributed by atoms with van der Waals surface area (Å²) < 4.78 is 5.16. The van der Waals surface area contributed by atoms with Crippen LogP contribution in [0.1, 0.15) is 18.6 Å². The molecule has 0 unspecified atom stereocenters. The van der Waals surface area contributed by atoms with Gasteiger partial charge >= 0.3 is 0 Å². The molecule has 2 fully saturated rings. The predicted octanol–water partition coefficient (Wildman–Crippen LogP) is 0.701. The molecule has 0 atom stereocenters. The van der Waals surface area contributed by atoms with Crippen molar-refractivity contribution in [3.05, 3.63) is 30.2 Å². The molecule has 3 heterocycles. The number of amides is 2. The number of primary amides is 1. The third kappa shape index (κ3) is 3.22. The second-order valence-corrected chi connectivity index (χ2v) is 5.96. The largest absolute Gasteiger partial charge is 0.465 e. The fraction of sp³-hybridized carbons (Fsp3) is 0.500. The van der Waals surface area contributed by atoms with Crippen molar-refractivity contribution in [2.45, 2.75) is 18.9 Å². The molecule has 3 rings (SSSR count). The molecule has 2 N–H and O–H groups in total. The van der Waals surface area contributed by atoms with Crippen molar-refractivity contribution < 1.29 is 14.0 Å². The number of piperidine rings is 1. The van der Waals surface area contributed by atoms with Gasteiger partial charge in [-0.25, -0.2) is 0 Å². The van der Waals surface area contributed by atoms with Crippen molar-refractivity contribution in [2.75, 3.05) is 26.2 Å². The number of hydrogen-bond acceptors (Lipinski definition) is 4. The van der Waals surface area contributed by atoms with Crippen molar-refractivity contribution in [3.63, 3.8) is 0 Å². The van der Waals surface area contributed by atoms with Gasteiger partial charge in [0.05, 0.1) is 6.26 Å². The van der Waals surface area contributed by atoms with E-state index < -0.39 is 0 Å². The Bertz CT molecular complexity index is 553. The summed E-state index contributed by atoms with van der Waals surface area (Å²) in [6, 6.07) is 4.01. The Morgan fingerprint density at radius 1 is 1.27 bits per heavy atom. The SMILES string of the molecule is NC(=O)C1CCN(C2CN(C(=O)/C=C/c3ccco3)C2)CC1. The third-order valence-electron chi connectivity index (χ3n) is 4.56. The maximum atomic E-state index is 12.0. The number of likely N-dealkylation sites (tertiary alicyclic amines) is 2. The molecule has 2 aliphatic heterocycles. The highest BCUT2D eigenvalue weighted by Crippen LogP contribution is 2.23. The molecular weight excluding hydrogens is 282 g/mol. The highest BCUT2D eigenvalue weighted by molar-refractivity contribution is 5.92.